The van der Waals surface area contributed by atoms with Crippen molar-refractivity contribution in [2.75, 3.05) is 0 Å². The highest BCUT2D eigenvalue weighted by atomic mass is 19.1. The zero-order chi connectivity index (χ0) is 8.10. The first kappa shape index (κ1) is 7.57. The number of alkyl halides is 1. The van der Waals surface area contributed by atoms with Crippen LogP contribution in [0.3, 0.4) is 0 Å². The topological polar surface area (TPSA) is 48.8 Å². The Bertz CT molecular complexity index is 291. The molecule has 0 amide bonds. The Morgan fingerprint density at radius 3 is 3.00 bits per heavy atom. The lowest BCUT2D eigenvalue weighted by molar-refractivity contribution is 0.485. The third-order valence-corrected chi connectivity index (χ3v) is 1.23. The Morgan fingerprint density at radius 1 is 1.55 bits per heavy atom. The van der Waals surface area contributed by atoms with Crippen LogP contribution < -0.4 is 0 Å². The van der Waals surface area contributed by atoms with E-state index in [1.165, 1.54) is 6.07 Å². The summed E-state index contributed by atoms with van der Waals surface area (Å²) in [6.07, 6.45) is 0. The Labute approximate surface area is 63.1 Å². The molecule has 11 heavy (non-hydrogen) atoms. The summed E-state index contributed by atoms with van der Waals surface area (Å²) in [4.78, 5) is 2.58. The molecule has 0 spiro atoms. The molecule has 1 aromatic carbocycles. The van der Waals surface area contributed by atoms with Crippen molar-refractivity contribution in [1.82, 2.24) is 0 Å². The van der Waals surface area contributed by atoms with Crippen LogP contribution in [0.1, 0.15) is 5.56 Å². The van der Waals surface area contributed by atoms with E-state index in [1.807, 2.05) is 0 Å². The van der Waals surface area contributed by atoms with Crippen LogP contribution in [-0.4, -0.2) is 0 Å². The predicted octanol–water partition coefficient (Wildman–Crippen LogP) is 3.10. The van der Waals surface area contributed by atoms with E-state index in [-0.39, 0.29) is 0 Å². The Hall–Kier alpha value is -1.54. The summed E-state index contributed by atoms with van der Waals surface area (Å²) in [6, 6.07) is 6.42. The summed E-state index contributed by atoms with van der Waals surface area (Å²) in [6.45, 7) is -0.533. The van der Waals surface area contributed by atoms with E-state index in [1.54, 1.807) is 18.2 Å². The highest BCUT2D eigenvalue weighted by molar-refractivity contribution is 5.39. The maximum Gasteiger partial charge on any atom is 0.115 e. The van der Waals surface area contributed by atoms with Crippen molar-refractivity contribution < 1.29 is 4.39 Å². The van der Waals surface area contributed by atoms with Crippen LogP contribution in [0.25, 0.3) is 10.4 Å². The summed E-state index contributed by atoms with van der Waals surface area (Å²) < 4.78 is 12.0. The van der Waals surface area contributed by atoms with Gasteiger partial charge in [-0.3, -0.25) is 0 Å². The highest BCUT2D eigenvalue weighted by Gasteiger charge is 1.91. The van der Waals surface area contributed by atoms with Crippen molar-refractivity contribution in [3.63, 3.8) is 0 Å². The zero-order valence-corrected chi connectivity index (χ0v) is 5.74. The van der Waals surface area contributed by atoms with Crippen LogP contribution in [0.5, 0.6) is 0 Å². The molecule has 0 aliphatic heterocycles. The molecule has 3 nitrogen and oxygen atoms in total. The standard InChI is InChI=1S/C7H6FN3/c8-5-6-2-1-3-7(4-6)10-11-9/h1-4H,5H2. The first-order valence-corrected chi connectivity index (χ1v) is 3.07. The molecular formula is C7H6FN3. The molecule has 0 bridgehead atoms. The highest BCUT2D eigenvalue weighted by Crippen LogP contribution is 2.14. The number of hydrogen-bond donors (Lipinski definition) is 0. The number of halogens is 1. The van der Waals surface area contributed by atoms with Gasteiger partial charge in [0.2, 0.25) is 0 Å². The van der Waals surface area contributed by atoms with E-state index in [4.69, 9.17) is 5.53 Å². The van der Waals surface area contributed by atoms with Crippen LogP contribution in [0.15, 0.2) is 29.4 Å². The van der Waals surface area contributed by atoms with Gasteiger partial charge in [0.15, 0.2) is 0 Å². The van der Waals surface area contributed by atoms with E-state index >= 15 is 0 Å². The summed E-state index contributed by atoms with van der Waals surface area (Å²) in [5, 5.41) is 3.33. The molecule has 0 saturated heterocycles. The number of azide groups is 1. The largest absolute Gasteiger partial charge is 0.246 e. The van der Waals surface area contributed by atoms with Crippen molar-refractivity contribution in [3.05, 3.63) is 40.3 Å². The Balaban J connectivity index is 3.00. The summed E-state index contributed by atoms with van der Waals surface area (Å²) in [7, 11) is 0. The lowest BCUT2D eigenvalue weighted by atomic mass is 10.2. The van der Waals surface area contributed by atoms with Gasteiger partial charge in [-0.2, -0.15) is 0 Å². The van der Waals surface area contributed by atoms with Gasteiger partial charge in [0, 0.05) is 10.6 Å². The minimum atomic E-state index is -0.533. The second kappa shape index (κ2) is 3.58. The molecule has 1 rings (SSSR count). The van der Waals surface area contributed by atoms with Crippen molar-refractivity contribution in [2.24, 2.45) is 5.11 Å². The van der Waals surface area contributed by atoms with E-state index in [2.05, 4.69) is 10.0 Å². The molecule has 4 heteroatoms. The monoisotopic (exact) mass is 151 g/mol. The van der Waals surface area contributed by atoms with E-state index < -0.39 is 6.67 Å². The minimum absolute atomic E-state index is 0.447. The number of benzene rings is 1. The average Bonchev–Trinajstić information content (AvgIpc) is 2.06. The lowest BCUT2D eigenvalue weighted by Crippen LogP contribution is -1.74. The fraction of sp³-hybridized carbons (Fsp3) is 0.143. The van der Waals surface area contributed by atoms with Crippen LogP contribution in [0.4, 0.5) is 10.1 Å². The minimum Gasteiger partial charge on any atom is -0.246 e. The summed E-state index contributed by atoms with van der Waals surface area (Å²) in [5.41, 5.74) is 9.02. The molecule has 1 aromatic rings. The summed E-state index contributed by atoms with van der Waals surface area (Å²) >= 11 is 0. The number of hydrogen-bond acceptors (Lipinski definition) is 1. The molecule has 0 fully saturated rings. The van der Waals surface area contributed by atoms with Gasteiger partial charge in [-0.25, -0.2) is 4.39 Å². The summed E-state index contributed by atoms with van der Waals surface area (Å²) in [5.74, 6) is 0. The Kier molecular flexibility index (Phi) is 2.47. The average molecular weight is 151 g/mol. The van der Waals surface area contributed by atoms with Crippen molar-refractivity contribution in [2.45, 2.75) is 6.67 Å². The maximum absolute atomic E-state index is 12.0. The normalized spacial score (nSPS) is 8.82. The quantitative estimate of drug-likeness (QED) is 0.354. The van der Waals surface area contributed by atoms with Crippen LogP contribution in [0.2, 0.25) is 0 Å². The molecule has 0 radical (unpaired) electrons. The van der Waals surface area contributed by atoms with E-state index in [9.17, 15) is 4.39 Å². The molecule has 0 aromatic heterocycles. The first-order chi connectivity index (χ1) is 5.36. The second-order valence-electron chi connectivity index (χ2n) is 1.99. The predicted molar refractivity (Wildman–Crippen MR) is 40.1 cm³/mol. The molecule has 0 atom stereocenters. The molecule has 0 unspecified atom stereocenters. The van der Waals surface area contributed by atoms with Gasteiger partial charge in [-0.05, 0) is 17.2 Å². The van der Waals surface area contributed by atoms with Gasteiger partial charge in [-0.15, -0.1) is 0 Å². The molecule has 0 aliphatic rings. The van der Waals surface area contributed by atoms with E-state index in [0.29, 0.717) is 11.3 Å². The molecule has 0 saturated carbocycles. The number of nitrogens with zero attached hydrogens (tertiary/aromatic N) is 3. The van der Waals surface area contributed by atoms with Crippen molar-refractivity contribution in [1.29, 1.82) is 0 Å². The maximum atomic E-state index is 12.0. The van der Waals surface area contributed by atoms with Crippen LogP contribution in [-0.2, 0) is 6.67 Å². The van der Waals surface area contributed by atoms with Crippen LogP contribution in [0, 0.1) is 0 Å². The lowest BCUT2D eigenvalue weighted by Gasteiger charge is -1.93. The van der Waals surface area contributed by atoms with Gasteiger partial charge in [-0.1, -0.05) is 23.3 Å². The van der Waals surface area contributed by atoms with Crippen molar-refractivity contribution >= 4 is 5.69 Å². The second-order valence-corrected chi connectivity index (χ2v) is 1.99. The van der Waals surface area contributed by atoms with Gasteiger partial charge in [0.25, 0.3) is 0 Å². The zero-order valence-electron chi connectivity index (χ0n) is 5.74. The van der Waals surface area contributed by atoms with Gasteiger partial charge in [0.1, 0.15) is 6.67 Å². The number of rotatable bonds is 2. The van der Waals surface area contributed by atoms with Gasteiger partial charge >= 0.3 is 0 Å². The molecule has 0 N–H and O–H groups in total. The van der Waals surface area contributed by atoms with E-state index in [0.717, 1.165) is 0 Å². The molecule has 0 heterocycles. The smallest absolute Gasteiger partial charge is 0.115 e. The molecular weight excluding hydrogens is 145 g/mol. The van der Waals surface area contributed by atoms with Crippen LogP contribution >= 0.6 is 0 Å². The first-order valence-electron chi connectivity index (χ1n) is 3.07. The van der Waals surface area contributed by atoms with Crippen molar-refractivity contribution in [3.8, 4) is 0 Å². The third-order valence-electron chi connectivity index (χ3n) is 1.23. The fourth-order valence-corrected chi connectivity index (χ4v) is 0.753. The Morgan fingerprint density at radius 2 is 2.36 bits per heavy atom. The molecule has 0 aliphatic carbocycles. The fourth-order valence-electron chi connectivity index (χ4n) is 0.753. The van der Waals surface area contributed by atoms with Gasteiger partial charge in [0.05, 0.1) is 0 Å². The molecule has 56 valence electrons. The SMILES string of the molecule is [N-]=[N+]=Nc1cccc(CF)c1. The third kappa shape index (κ3) is 1.95. The van der Waals surface area contributed by atoms with Gasteiger partial charge < -0.3 is 0 Å².